The van der Waals surface area contributed by atoms with E-state index in [0.717, 1.165) is 25.0 Å². The van der Waals surface area contributed by atoms with Crippen molar-refractivity contribution in [1.29, 1.82) is 0 Å². The van der Waals surface area contributed by atoms with Crippen LogP contribution < -0.4 is 4.67 Å². The monoisotopic (exact) mass is 212 g/mol. The summed E-state index contributed by atoms with van der Waals surface area (Å²) in [6.45, 7) is 2.09. The maximum Gasteiger partial charge on any atom is 0.373 e. The minimum atomic E-state index is 0.964. The summed E-state index contributed by atoms with van der Waals surface area (Å²) in [5, 5.41) is 0. The van der Waals surface area contributed by atoms with Gasteiger partial charge in [0.2, 0.25) is 0 Å². The molecule has 0 N–H and O–H groups in total. The minimum absolute atomic E-state index is 0.964. The Morgan fingerprint density at radius 1 is 1.00 bits per heavy atom. The zero-order valence-corrected chi connectivity index (χ0v) is 10.7. The van der Waals surface area contributed by atoms with Crippen molar-refractivity contribution in [2.75, 3.05) is 55.4 Å². The molecular weight excluding hydrogens is 190 g/mol. The predicted molar refractivity (Wildman–Crippen MR) is 64.8 cm³/mol. The van der Waals surface area contributed by atoms with Crippen molar-refractivity contribution >= 4 is 11.9 Å². The SMILES string of the molecule is CN(C)C(=[N+]=C1N(C)CCN1C)N(C)C. The van der Waals surface area contributed by atoms with Gasteiger partial charge in [-0.05, 0) is 0 Å². The molecule has 86 valence electrons. The molecule has 0 bridgehead atoms. The second-order valence-corrected chi connectivity index (χ2v) is 4.34. The average Bonchev–Trinajstić information content (AvgIpc) is 2.42. The van der Waals surface area contributed by atoms with Gasteiger partial charge in [-0.1, -0.05) is 0 Å². The lowest BCUT2D eigenvalue weighted by Gasteiger charge is -2.15. The predicted octanol–water partition coefficient (Wildman–Crippen LogP) is -1.23. The van der Waals surface area contributed by atoms with Crippen LogP contribution in [0.3, 0.4) is 0 Å². The number of hydrogen-bond acceptors (Lipinski definition) is 0. The molecule has 0 aliphatic carbocycles. The molecule has 1 aliphatic heterocycles. The number of nitrogens with zero attached hydrogens (tertiary/aromatic N) is 5. The number of hydrogen-bond donors (Lipinski definition) is 0. The lowest BCUT2D eigenvalue weighted by atomic mass is 10.6. The molecular formula is C10H22N5+. The first kappa shape index (κ1) is 11.7. The first-order valence-corrected chi connectivity index (χ1v) is 5.16. The van der Waals surface area contributed by atoms with Crippen LogP contribution in [-0.4, -0.2) is 86.9 Å². The number of likely N-dealkylation sites (N-methyl/N-ethyl adjacent to an activating group) is 2. The highest BCUT2D eigenvalue weighted by atomic mass is 15.4. The number of rotatable bonds is 0. The van der Waals surface area contributed by atoms with Crippen LogP contribution in [0, 0.1) is 0 Å². The van der Waals surface area contributed by atoms with E-state index in [9.17, 15) is 0 Å². The van der Waals surface area contributed by atoms with Gasteiger partial charge in [-0.25, -0.2) is 4.67 Å². The standard InChI is InChI=1S/C10H22N5/c1-12(2)9(13(3)4)11-10-14(5)7-8-15(10)6/h7-8H2,1-6H3/q+1. The molecule has 5 nitrogen and oxygen atoms in total. The van der Waals surface area contributed by atoms with E-state index in [1.165, 1.54) is 0 Å². The molecule has 0 saturated carbocycles. The van der Waals surface area contributed by atoms with E-state index in [4.69, 9.17) is 0 Å². The molecule has 0 atom stereocenters. The van der Waals surface area contributed by atoms with Crippen molar-refractivity contribution < 1.29 is 0 Å². The van der Waals surface area contributed by atoms with Crippen molar-refractivity contribution in [3.05, 3.63) is 0 Å². The molecule has 0 amide bonds. The van der Waals surface area contributed by atoms with Crippen LogP contribution in [0.15, 0.2) is 0 Å². The van der Waals surface area contributed by atoms with Gasteiger partial charge < -0.3 is 0 Å². The quantitative estimate of drug-likeness (QED) is 0.285. The zero-order chi connectivity index (χ0) is 11.6. The molecule has 0 spiro atoms. The van der Waals surface area contributed by atoms with Gasteiger partial charge in [0.1, 0.15) is 0 Å². The second kappa shape index (κ2) is 4.45. The number of guanidine groups is 2. The topological polar surface area (TPSA) is 27.1 Å². The summed E-state index contributed by atoms with van der Waals surface area (Å²) in [6, 6.07) is 0. The summed E-state index contributed by atoms with van der Waals surface area (Å²) in [6.07, 6.45) is 0. The zero-order valence-electron chi connectivity index (χ0n) is 10.7. The largest absolute Gasteiger partial charge is 0.373 e. The molecule has 0 aromatic heterocycles. The van der Waals surface area contributed by atoms with Gasteiger partial charge in [-0.2, -0.15) is 0 Å². The maximum absolute atomic E-state index is 4.67. The molecule has 0 unspecified atom stereocenters. The highest BCUT2D eigenvalue weighted by Crippen LogP contribution is 1.99. The van der Waals surface area contributed by atoms with Crippen LogP contribution in [0.5, 0.6) is 0 Å². The van der Waals surface area contributed by atoms with Gasteiger partial charge in [0, 0.05) is 42.3 Å². The summed E-state index contributed by atoms with van der Waals surface area (Å²) < 4.78 is 4.67. The van der Waals surface area contributed by atoms with E-state index in [0.29, 0.717) is 0 Å². The lowest BCUT2D eigenvalue weighted by molar-refractivity contribution is 0.478. The van der Waals surface area contributed by atoms with Crippen molar-refractivity contribution in [3.8, 4) is 0 Å². The minimum Gasteiger partial charge on any atom is -0.288 e. The second-order valence-electron chi connectivity index (χ2n) is 4.34. The van der Waals surface area contributed by atoms with Crippen molar-refractivity contribution in [1.82, 2.24) is 24.3 Å². The van der Waals surface area contributed by atoms with Gasteiger partial charge in [-0.15, -0.1) is 0 Å². The Hall–Kier alpha value is -1.35. The average molecular weight is 212 g/mol. The Kier molecular flexibility index (Phi) is 3.48. The van der Waals surface area contributed by atoms with Crippen LogP contribution in [-0.2, 0) is 0 Å². The van der Waals surface area contributed by atoms with Gasteiger partial charge in [0.25, 0.3) is 0 Å². The van der Waals surface area contributed by atoms with Gasteiger partial charge in [-0.3, -0.25) is 19.6 Å². The van der Waals surface area contributed by atoms with Crippen LogP contribution in [0.1, 0.15) is 0 Å². The van der Waals surface area contributed by atoms with Crippen LogP contribution in [0.4, 0.5) is 0 Å². The molecule has 1 aliphatic rings. The molecule has 0 radical (unpaired) electrons. The third kappa shape index (κ3) is 2.57. The van der Waals surface area contributed by atoms with E-state index >= 15 is 0 Å². The fraction of sp³-hybridized carbons (Fsp3) is 0.800. The molecule has 1 fully saturated rings. The Morgan fingerprint density at radius 2 is 1.40 bits per heavy atom. The third-order valence-electron chi connectivity index (χ3n) is 2.45. The van der Waals surface area contributed by atoms with Crippen LogP contribution in [0.2, 0.25) is 0 Å². The Balaban J connectivity index is 3.12. The first-order chi connectivity index (χ1) is 6.93. The van der Waals surface area contributed by atoms with Crippen molar-refractivity contribution in [2.24, 2.45) is 0 Å². The smallest absolute Gasteiger partial charge is 0.288 e. The molecule has 0 aromatic carbocycles. The normalized spacial score (nSPS) is 15.5. The Labute approximate surface area is 92.3 Å². The van der Waals surface area contributed by atoms with E-state index in [1.54, 1.807) is 0 Å². The summed E-state index contributed by atoms with van der Waals surface area (Å²) in [7, 11) is 12.2. The molecule has 1 rings (SSSR count). The van der Waals surface area contributed by atoms with Gasteiger partial charge in [0.05, 0.1) is 13.1 Å². The van der Waals surface area contributed by atoms with Gasteiger partial charge in [0.15, 0.2) is 0 Å². The Morgan fingerprint density at radius 3 is 1.73 bits per heavy atom. The summed E-state index contributed by atoms with van der Waals surface area (Å²) >= 11 is 0. The lowest BCUT2D eigenvalue weighted by Crippen LogP contribution is -2.41. The fourth-order valence-electron chi connectivity index (χ4n) is 1.65. The summed E-state index contributed by atoms with van der Waals surface area (Å²) in [4.78, 5) is 8.39. The fourth-order valence-corrected chi connectivity index (χ4v) is 1.65. The van der Waals surface area contributed by atoms with Crippen molar-refractivity contribution in [3.63, 3.8) is 0 Å². The summed E-state index contributed by atoms with van der Waals surface area (Å²) in [5.41, 5.74) is 0. The molecule has 5 heteroatoms. The highest BCUT2D eigenvalue weighted by Gasteiger charge is 2.27. The van der Waals surface area contributed by atoms with Gasteiger partial charge >= 0.3 is 11.9 Å². The molecule has 1 heterocycles. The third-order valence-corrected chi connectivity index (χ3v) is 2.45. The molecule has 15 heavy (non-hydrogen) atoms. The first-order valence-electron chi connectivity index (χ1n) is 5.16. The van der Waals surface area contributed by atoms with E-state index in [-0.39, 0.29) is 0 Å². The van der Waals surface area contributed by atoms with E-state index < -0.39 is 0 Å². The maximum atomic E-state index is 4.67. The van der Waals surface area contributed by atoms with Crippen LogP contribution >= 0.6 is 0 Å². The van der Waals surface area contributed by atoms with Crippen molar-refractivity contribution in [2.45, 2.75) is 0 Å². The molecule has 1 saturated heterocycles. The van der Waals surface area contributed by atoms with E-state index in [2.05, 4.69) is 28.6 Å². The van der Waals surface area contributed by atoms with Crippen LogP contribution in [0.25, 0.3) is 0 Å². The molecule has 0 aromatic rings. The summed E-state index contributed by atoms with van der Waals surface area (Å²) in [5.74, 6) is 2.00. The Bertz CT molecular complexity index is 264. The van der Waals surface area contributed by atoms with E-state index in [1.807, 2.05) is 38.0 Å². The highest BCUT2D eigenvalue weighted by molar-refractivity contribution is 5.88.